The van der Waals surface area contributed by atoms with Crippen molar-refractivity contribution in [1.29, 1.82) is 5.26 Å². The largest absolute Gasteiger partial charge is 0.494 e. The van der Waals surface area contributed by atoms with Crippen LogP contribution in [0.4, 0.5) is 5.69 Å². The fraction of sp³-hybridized carbons (Fsp3) is 0.250. The Morgan fingerprint density at radius 2 is 2.21 bits per heavy atom. The van der Waals surface area contributed by atoms with Crippen LogP contribution in [0.3, 0.4) is 0 Å². The Morgan fingerprint density at radius 1 is 1.47 bits per heavy atom. The van der Waals surface area contributed by atoms with Crippen molar-refractivity contribution in [2.75, 3.05) is 26.0 Å². The normalized spacial score (nSPS) is 9.26. The minimum absolute atomic E-state index is 0.135. The number of anilines is 1. The second-order valence-corrected chi connectivity index (χ2v) is 3.44. The van der Waals surface area contributed by atoms with Crippen LogP contribution in [-0.4, -0.2) is 32.1 Å². The molecule has 0 aliphatic carbocycles. The van der Waals surface area contributed by atoms with Crippen LogP contribution in [0, 0.1) is 11.3 Å². The molecule has 1 amide bonds. The molecule has 0 aromatic heterocycles. The summed E-state index contributed by atoms with van der Waals surface area (Å²) in [6, 6.07) is 6.36. The Balaban J connectivity index is 2.67. The van der Waals surface area contributed by atoms with Gasteiger partial charge in [-0.2, -0.15) is 5.26 Å². The fourth-order valence-corrected chi connectivity index (χ4v) is 1.34. The lowest BCUT2D eigenvalue weighted by Crippen LogP contribution is -2.29. The third-order valence-electron chi connectivity index (χ3n) is 2.17. The zero-order chi connectivity index (χ0) is 14.3. The Hall–Kier alpha value is -2.75. The molecule has 0 fully saturated rings. The van der Waals surface area contributed by atoms with Gasteiger partial charge in [0.15, 0.2) is 12.4 Å². The molecule has 1 aromatic carbocycles. The quantitative estimate of drug-likeness (QED) is 0.441. The van der Waals surface area contributed by atoms with E-state index >= 15 is 0 Å². The van der Waals surface area contributed by atoms with Gasteiger partial charge in [0.05, 0.1) is 18.9 Å². The van der Waals surface area contributed by atoms with Crippen molar-refractivity contribution in [3.8, 4) is 11.8 Å². The predicted molar refractivity (Wildman–Crippen MR) is 66.3 cm³/mol. The molecule has 1 rings (SSSR count). The number of carbonyl (C=O) groups excluding carboxylic acids is 2. The van der Waals surface area contributed by atoms with Crippen LogP contribution in [0.5, 0.6) is 5.75 Å². The van der Waals surface area contributed by atoms with Gasteiger partial charge >= 0.3 is 5.97 Å². The van der Waals surface area contributed by atoms with Crippen LogP contribution in [0.2, 0.25) is 0 Å². The first kappa shape index (κ1) is 14.3. The second kappa shape index (κ2) is 6.86. The molecule has 0 atom stereocenters. The average Bonchev–Trinajstić information content (AvgIpc) is 2.42. The van der Waals surface area contributed by atoms with Gasteiger partial charge in [-0.05, 0) is 12.1 Å². The number of rotatable bonds is 5. The summed E-state index contributed by atoms with van der Waals surface area (Å²) < 4.78 is 9.79. The zero-order valence-corrected chi connectivity index (χ0v) is 10.3. The number of nitrogen functional groups attached to an aromatic ring is 1. The molecular formula is C12H13N3O4. The van der Waals surface area contributed by atoms with Crippen molar-refractivity contribution >= 4 is 17.6 Å². The molecule has 0 aliphatic rings. The second-order valence-electron chi connectivity index (χ2n) is 3.44. The topological polar surface area (TPSA) is 114 Å². The number of hydrogen-bond acceptors (Lipinski definition) is 6. The zero-order valence-electron chi connectivity index (χ0n) is 10.3. The summed E-state index contributed by atoms with van der Waals surface area (Å²) in [6.45, 7) is -0.615. The molecule has 3 N–H and O–H groups in total. The van der Waals surface area contributed by atoms with Crippen LogP contribution in [0.15, 0.2) is 18.2 Å². The van der Waals surface area contributed by atoms with E-state index in [-0.39, 0.29) is 17.9 Å². The van der Waals surface area contributed by atoms with Crippen molar-refractivity contribution in [3.05, 3.63) is 23.8 Å². The van der Waals surface area contributed by atoms with E-state index in [9.17, 15) is 9.59 Å². The van der Waals surface area contributed by atoms with Gasteiger partial charge in [0.1, 0.15) is 12.1 Å². The van der Waals surface area contributed by atoms with E-state index in [1.54, 1.807) is 18.2 Å². The molecule has 0 saturated heterocycles. The van der Waals surface area contributed by atoms with E-state index in [0.29, 0.717) is 5.69 Å². The van der Waals surface area contributed by atoms with E-state index in [2.05, 4.69) is 5.32 Å². The van der Waals surface area contributed by atoms with Gasteiger partial charge in [-0.3, -0.25) is 4.79 Å². The van der Waals surface area contributed by atoms with E-state index in [1.807, 2.05) is 0 Å². The van der Waals surface area contributed by atoms with Crippen molar-refractivity contribution < 1.29 is 19.1 Å². The van der Waals surface area contributed by atoms with Crippen LogP contribution in [0.1, 0.15) is 10.4 Å². The first-order valence-electron chi connectivity index (χ1n) is 5.33. The molecule has 0 bridgehead atoms. The SMILES string of the molecule is COc1c(N)cccc1C(=O)OCC(=O)NCC#N. The van der Waals surface area contributed by atoms with E-state index in [4.69, 9.17) is 20.5 Å². The average molecular weight is 263 g/mol. The van der Waals surface area contributed by atoms with Gasteiger partial charge in [0, 0.05) is 0 Å². The molecule has 7 heteroatoms. The Kier molecular flexibility index (Phi) is 5.17. The number of nitrogens with two attached hydrogens (primary N) is 1. The molecule has 0 unspecified atom stereocenters. The van der Waals surface area contributed by atoms with E-state index in [1.165, 1.54) is 13.2 Å². The molecular weight excluding hydrogens is 250 g/mol. The molecule has 0 spiro atoms. The van der Waals surface area contributed by atoms with Crippen LogP contribution < -0.4 is 15.8 Å². The lowest BCUT2D eigenvalue weighted by atomic mass is 10.2. The maximum absolute atomic E-state index is 11.8. The van der Waals surface area contributed by atoms with Gasteiger partial charge in [0.25, 0.3) is 5.91 Å². The fourth-order valence-electron chi connectivity index (χ4n) is 1.34. The number of nitrogens with zero attached hydrogens (tertiary/aromatic N) is 1. The number of ether oxygens (including phenoxy) is 2. The summed E-state index contributed by atoms with van der Waals surface area (Å²) in [4.78, 5) is 22.9. The number of para-hydroxylation sites is 1. The first-order chi connectivity index (χ1) is 9.10. The maximum Gasteiger partial charge on any atom is 0.342 e. The molecule has 0 saturated carbocycles. The number of hydrogen-bond donors (Lipinski definition) is 2. The number of benzene rings is 1. The highest BCUT2D eigenvalue weighted by atomic mass is 16.5. The highest BCUT2D eigenvalue weighted by Gasteiger charge is 2.16. The summed E-state index contributed by atoms with van der Waals surface area (Å²) in [5.74, 6) is -1.08. The van der Waals surface area contributed by atoms with E-state index < -0.39 is 18.5 Å². The van der Waals surface area contributed by atoms with Crippen molar-refractivity contribution in [2.24, 2.45) is 0 Å². The van der Waals surface area contributed by atoms with Gasteiger partial charge in [-0.1, -0.05) is 6.07 Å². The molecule has 100 valence electrons. The first-order valence-corrected chi connectivity index (χ1v) is 5.33. The number of nitriles is 1. The molecule has 7 nitrogen and oxygen atoms in total. The highest BCUT2D eigenvalue weighted by Crippen LogP contribution is 2.26. The molecule has 1 aromatic rings. The monoisotopic (exact) mass is 263 g/mol. The number of nitrogens with one attached hydrogen (secondary N) is 1. The molecule has 19 heavy (non-hydrogen) atoms. The summed E-state index contributed by atoms with van der Waals surface area (Å²) in [7, 11) is 1.38. The lowest BCUT2D eigenvalue weighted by Gasteiger charge is -2.10. The van der Waals surface area contributed by atoms with Gasteiger partial charge in [0.2, 0.25) is 0 Å². The number of methoxy groups -OCH3 is 1. The smallest absolute Gasteiger partial charge is 0.342 e. The van der Waals surface area contributed by atoms with E-state index in [0.717, 1.165) is 0 Å². The third-order valence-corrected chi connectivity index (χ3v) is 2.17. The minimum atomic E-state index is -0.726. The summed E-state index contributed by atoms with van der Waals surface area (Å²) in [5, 5.41) is 10.5. The maximum atomic E-state index is 11.8. The van der Waals surface area contributed by atoms with Crippen molar-refractivity contribution in [3.63, 3.8) is 0 Å². The molecule has 0 aliphatic heterocycles. The summed E-state index contributed by atoms with van der Waals surface area (Å²) >= 11 is 0. The Morgan fingerprint density at radius 3 is 2.84 bits per heavy atom. The van der Waals surface area contributed by atoms with Crippen LogP contribution in [-0.2, 0) is 9.53 Å². The summed E-state index contributed by atoms with van der Waals surface area (Å²) in [5.41, 5.74) is 6.08. The van der Waals surface area contributed by atoms with Gasteiger partial charge in [-0.25, -0.2) is 4.79 Å². The molecule has 0 heterocycles. The number of amides is 1. The Labute approximate surface area is 109 Å². The third kappa shape index (κ3) is 3.89. The van der Waals surface area contributed by atoms with Crippen molar-refractivity contribution in [2.45, 2.75) is 0 Å². The Bertz CT molecular complexity index is 522. The van der Waals surface area contributed by atoms with Crippen LogP contribution >= 0.6 is 0 Å². The van der Waals surface area contributed by atoms with Gasteiger partial charge in [-0.15, -0.1) is 0 Å². The summed E-state index contributed by atoms with van der Waals surface area (Å²) in [6.07, 6.45) is 0. The van der Waals surface area contributed by atoms with Crippen LogP contribution in [0.25, 0.3) is 0 Å². The minimum Gasteiger partial charge on any atom is -0.494 e. The standard InChI is InChI=1S/C12H13N3O4/c1-18-11-8(3-2-4-9(11)14)12(17)19-7-10(16)15-6-5-13/h2-4H,6-7,14H2,1H3,(H,15,16). The number of esters is 1. The lowest BCUT2D eigenvalue weighted by molar-refractivity contribution is -0.123. The molecule has 0 radical (unpaired) electrons. The van der Waals surface area contributed by atoms with Crippen molar-refractivity contribution in [1.82, 2.24) is 5.32 Å². The predicted octanol–water partition coefficient (Wildman–Crippen LogP) is 0.0740. The highest BCUT2D eigenvalue weighted by molar-refractivity contribution is 5.95. The van der Waals surface area contributed by atoms with Gasteiger partial charge < -0.3 is 20.5 Å². The number of carbonyl (C=O) groups is 2.